The number of hydrogen-bond donors (Lipinski definition) is 0. The number of alkyl halides is 1. The number of fused-ring (bicyclic) bond motifs is 1. The highest BCUT2D eigenvalue weighted by atomic mass is 127. The lowest BCUT2D eigenvalue weighted by atomic mass is 10.0. The lowest BCUT2D eigenvalue weighted by Gasteiger charge is -2.04. The van der Waals surface area contributed by atoms with Crippen LogP contribution >= 0.6 is 22.6 Å². The zero-order valence-corrected chi connectivity index (χ0v) is 11.8. The summed E-state index contributed by atoms with van der Waals surface area (Å²) in [6, 6.07) is 13.6. The summed E-state index contributed by atoms with van der Waals surface area (Å²) in [5.41, 5.74) is 2.90. The van der Waals surface area contributed by atoms with Crippen molar-refractivity contribution < 1.29 is 0 Å². The van der Waals surface area contributed by atoms with Gasteiger partial charge in [0.1, 0.15) is 0 Å². The fourth-order valence-corrected chi connectivity index (χ4v) is 2.37. The third-order valence-electron chi connectivity index (χ3n) is 2.98. The quantitative estimate of drug-likeness (QED) is 0.561. The van der Waals surface area contributed by atoms with Gasteiger partial charge in [-0.1, -0.05) is 65.9 Å². The van der Waals surface area contributed by atoms with E-state index in [1.165, 1.54) is 39.2 Å². The van der Waals surface area contributed by atoms with Crippen LogP contribution in [-0.2, 0) is 12.8 Å². The summed E-state index contributed by atoms with van der Waals surface area (Å²) in [5.74, 6) is 0. The monoisotopic (exact) mass is 324 g/mol. The van der Waals surface area contributed by atoms with Crippen molar-refractivity contribution in [2.24, 2.45) is 0 Å². The molecule has 0 amide bonds. The van der Waals surface area contributed by atoms with Crippen molar-refractivity contribution in [1.82, 2.24) is 0 Å². The van der Waals surface area contributed by atoms with Crippen LogP contribution < -0.4 is 0 Å². The number of benzene rings is 2. The highest BCUT2D eigenvalue weighted by Gasteiger charge is 1.98. The van der Waals surface area contributed by atoms with E-state index >= 15 is 0 Å². The zero-order valence-electron chi connectivity index (χ0n) is 9.67. The Labute approximate surface area is 111 Å². The summed E-state index contributed by atoms with van der Waals surface area (Å²) in [4.78, 5) is 0. The molecule has 0 fully saturated rings. The van der Waals surface area contributed by atoms with E-state index in [1.807, 2.05) is 0 Å². The molecule has 84 valence electrons. The van der Waals surface area contributed by atoms with Crippen molar-refractivity contribution in [3.63, 3.8) is 0 Å². The predicted octanol–water partition coefficient (Wildman–Crippen LogP) is 4.77. The fraction of sp³-hybridized carbons (Fsp3) is 0.333. The first-order valence-electron chi connectivity index (χ1n) is 5.91. The SMILES string of the molecule is CCc1ccc2ccc(CCCI)cc2c1. The maximum absolute atomic E-state index is 2.44. The summed E-state index contributed by atoms with van der Waals surface area (Å²) in [7, 11) is 0. The molecule has 0 aliphatic carbocycles. The molecular weight excluding hydrogens is 307 g/mol. The zero-order chi connectivity index (χ0) is 11.4. The topological polar surface area (TPSA) is 0 Å². The Balaban J connectivity index is 2.35. The molecule has 0 unspecified atom stereocenters. The lowest BCUT2D eigenvalue weighted by molar-refractivity contribution is 0.948. The number of rotatable bonds is 4. The van der Waals surface area contributed by atoms with Gasteiger partial charge in [-0.25, -0.2) is 0 Å². The molecule has 1 heteroatoms. The molecule has 0 radical (unpaired) electrons. The minimum Gasteiger partial charge on any atom is -0.0864 e. The average molecular weight is 324 g/mol. The molecular formula is C15H17I. The number of halogens is 1. The normalized spacial score (nSPS) is 10.9. The Morgan fingerprint density at radius 3 is 2.31 bits per heavy atom. The molecule has 2 aromatic rings. The minimum atomic E-state index is 1.12. The van der Waals surface area contributed by atoms with E-state index in [0.29, 0.717) is 0 Å². The second-order valence-electron chi connectivity index (χ2n) is 4.16. The van der Waals surface area contributed by atoms with Crippen LogP contribution in [0.25, 0.3) is 10.8 Å². The summed E-state index contributed by atoms with van der Waals surface area (Å²) in [5, 5.41) is 2.75. The van der Waals surface area contributed by atoms with Crippen LogP contribution in [0.5, 0.6) is 0 Å². The van der Waals surface area contributed by atoms with E-state index in [0.717, 1.165) is 6.42 Å². The van der Waals surface area contributed by atoms with Gasteiger partial charge in [-0.05, 0) is 45.6 Å². The van der Waals surface area contributed by atoms with E-state index in [1.54, 1.807) is 0 Å². The smallest absolute Gasteiger partial charge is 0.000156 e. The highest BCUT2D eigenvalue weighted by molar-refractivity contribution is 14.1. The van der Waals surface area contributed by atoms with Gasteiger partial charge in [0.2, 0.25) is 0 Å². The molecule has 0 N–H and O–H groups in total. The van der Waals surface area contributed by atoms with Gasteiger partial charge < -0.3 is 0 Å². The molecule has 0 nitrogen and oxygen atoms in total. The summed E-state index contributed by atoms with van der Waals surface area (Å²) in [6.07, 6.45) is 3.60. The van der Waals surface area contributed by atoms with Crippen molar-refractivity contribution in [2.75, 3.05) is 4.43 Å². The van der Waals surface area contributed by atoms with Crippen LogP contribution in [-0.4, -0.2) is 4.43 Å². The van der Waals surface area contributed by atoms with Gasteiger partial charge in [-0.3, -0.25) is 0 Å². The Morgan fingerprint density at radius 1 is 0.938 bits per heavy atom. The molecule has 0 saturated heterocycles. The molecule has 2 aromatic carbocycles. The van der Waals surface area contributed by atoms with Crippen LogP contribution in [0.4, 0.5) is 0 Å². The van der Waals surface area contributed by atoms with Crippen molar-refractivity contribution in [1.29, 1.82) is 0 Å². The molecule has 0 aliphatic rings. The second kappa shape index (κ2) is 5.67. The molecule has 0 aliphatic heterocycles. The Kier molecular flexibility index (Phi) is 4.22. The van der Waals surface area contributed by atoms with Crippen LogP contribution in [0.3, 0.4) is 0 Å². The van der Waals surface area contributed by atoms with Gasteiger partial charge in [0.05, 0.1) is 0 Å². The van der Waals surface area contributed by atoms with Crippen LogP contribution in [0.2, 0.25) is 0 Å². The third kappa shape index (κ3) is 2.76. The van der Waals surface area contributed by atoms with Gasteiger partial charge in [-0.2, -0.15) is 0 Å². The lowest BCUT2D eigenvalue weighted by Crippen LogP contribution is -1.87. The maximum Gasteiger partial charge on any atom is -0.000156 e. The first-order valence-corrected chi connectivity index (χ1v) is 7.43. The maximum atomic E-state index is 2.44. The Bertz CT molecular complexity index is 474. The van der Waals surface area contributed by atoms with Crippen molar-refractivity contribution in [3.05, 3.63) is 47.5 Å². The van der Waals surface area contributed by atoms with Crippen LogP contribution in [0, 0.1) is 0 Å². The Morgan fingerprint density at radius 2 is 1.62 bits per heavy atom. The number of hydrogen-bond acceptors (Lipinski definition) is 0. The summed E-state index contributed by atoms with van der Waals surface area (Å²) < 4.78 is 1.24. The molecule has 0 heterocycles. The summed E-state index contributed by atoms with van der Waals surface area (Å²) >= 11 is 2.44. The van der Waals surface area contributed by atoms with E-state index < -0.39 is 0 Å². The first kappa shape index (κ1) is 11.9. The average Bonchev–Trinajstić information content (AvgIpc) is 2.35. The molecule has 16 heavy (non-hydrogen) atoms. The molecule has 0 saturated carbocycles. The van der Waals surface area contributed by atoms with Crippen LogP contribution in [0.1, 0.15) is 24.5 Å². The van der Waals surface area contributed by atoms with Crippen LogP contribution in [0.15, 0.2) is 36.4 Å². The van der Waals surface area contributed by atoms with E-state index in [4.69, 9.17) is 0 Å². The van der Waals surface area contributed by atoms with E-state index in [-0.39, 0.29) is 0 Å². The second-order valence-corrected chi connectivity index (χ2v) is 5.24. The van der Waals surface area contributed by atoms with Crippen molar-refractivity contribution >= 4 is 33.4 Å². The van der Waals surface area contributed by atoms with Crippen molar-refractivity contribution in [2.45, 2.75) is 26.2 Å². The molecule has 0 aromatic heterocycles. The fourth-order valence-electron chi connectivity index (χ4n) is 1.99. The predicted molar refractivity (Wildman–Crippen MR) is 80.5 cm³/mol. The van der Waals surface area contributed by atoms with E-state index in [2.05, 4.69) is 65.9 Å². The molecule has 0 atom stereocenters. The minimum absolute atomic E-state index is 1.12. The molecule has 0 spiro atoms. The van der Waals surface area contributed by atoms with E-state index in [9.17, 15) is 0 Å². The third-order valence-corrected chi connectivity index (χ3v) is 3.74. The van der Waals surface area contributed by atoms with Gasteiger partial charge >= 0.3 is 0 Å². The number of aryl methyl sites for hydroxylation is 2. The summed E-state index contributed by atoms with van der Waals surface area (Å²) in [6.45, 7) is 2.21. The van der Waals surface area contributed by atoms with Gasteiger partial charge in [0, 0.05) is 0 Å². The van der Waals surface area contributed by atoms with Crippen molar-refractivity contribution in [3.8, 4) is 0 Å². The molecule has 2 rings (SSSR count). The van der Waals surface area contributed by atoms with Gasteiger partial charge in [0.25, 0.3) is 0 Å². The highest BCUT2D eigenvalue weighted by Crippen LogP contribution is 2.19. The first-order chi connectivity index (χ1) is 7.83. The largest absolute Gasteiger partial charge is 0.0864 e. The van der Waals surface area contributed by atoms with Gasteiger partial charge in [-0.15, -0.1) is 0 Å². The Hall–Kier alpha value is -0.570. The van der Waals surface area contributed by atoms with Gasteiger partial charge in [0.15, 0.2) is 0 Å². The molecule has 0 bridgehead atoms. The standard InChI is InChI=1S/C15H17I/c1-2-12-5-7-14-8-6-13(4-3-9-16)11-15(14)10-12/h5-8,10-11H,2-4,9H2,1H3.